The number of benzene rings is 2. The molecule has 0 unspecified atom stereocenters. The number of para-hydroxylation sites is 1. The predicted octanol–water partition coefficient (Wildman–Crippen LogP) is 2.85. The standard InChI is InChI=1S/C19H15N3O4/c1-25-19(24)16-12-20-22(15-10-6-3-7-11-15)17(16)13-21-26-18(23)14-8-4-2-5-9-14/h2-13H,1H3. The number of hydrogen-bond donors (Lipinski definition) is 0. The molecular weight excluding hydrogens is 334 g/mol. The molecule has 7 heteroatoms. The normalized spacial score (nSPS) is 10.7. The Bertz CT molecular complexity index is 934. The van der Waals surface area contributed by atoms with E-state index in [1.807, 2.05) is 30.3 Å². The Hall–Kier alpha value is -3.74. The molecule has 0 aliphatic heterocycles. The first-order valence-electron chi connectivity index (χ1n) is 7.72. The van der Waals surface area contributed by atoms with Crippen molar-refractivity contribution in [2.75, 3.05) is 7.11 Å². The van der Waals surface area contributed by atoms with E-state index >= 15 is 0 Å². The Balaban J connectivity index is 1.89. The first-order valence-corrected chi connectivity index (χ1v) is 7.72. The van der Waals surface area contributed by atoms with E-state index < -0.39 is 11.9 Å². The summed E-state index contributed by atoms with van der Waals surface area (Å²) in [5, 5.41) is 7.91. The molecule has 0 aliphatic rings. The molecule has 2 aromatic carbocycles. The number of carbonyl (C=O) groups is 2. The smallest absolute Gasteiger partial charge is 0.365 e. The van der Waals surface area contributed by atoms with Crippen molar-refractivity contribution in [3.05, 3.63) is 83.7 Å². The third kappa shape index (κ3) is 3.67. The van der Waals surface area contributed by atoms with Crippen molar-refractivity contribution >= 4 is 18.2 Å². The summed E-state index contributed by atoms with van der Waals surface area (Å²) in [7, 11) is 1.28. The lowest BCUT2D eigenvalue weighted by molar-refractivity contribution is 0.0519. The van der Waals surface area contributed by atoms with Crippen LogP contribution in [0.1, 0.15) is 26.4 Å². The average Bonchev–Trinajstić information content (AvgIpc) is 3.12. The Labute approximate surface area is 149 Å². The first-order chi connectivity index (χ1) is 12.7. The second-order valence-corrected chi connectivity index (χ2v) is 5.16. The Morgan fingerprint density at radius 2 is 1.65 bits per heavy atom. The van der Waals surface area contributed by atoms with Gasteiger partial charge in [0.25, 0.3) is 0 Å². The lowest BCUT2D eigenvalue weighted by atomic mass is 10.2. The second-order valence-electron chi connectivity index (χ2n) is 5.16. The van der Waals surface area contributed by atoms with Crippen molar-refractivity contribution in [3.63, 3.8) is 0 Å². The molecule has 7 nitrogen and oxygen atoms in total. The molecule has 0 radical (unpaired) electrons. The van der Waals surface area contributed by atoms with Crippen molar-refractivity contribution < 1.29 is 19.2 Å². The Morgan fingerprint density at radius 1 is 1.00 bits per heavy atom. The zero-order valence-corrected chi connectivity index (χ0v) is 13.9. The summed E-state index contributed by atoms with van der Waals surface area (Å²) in [6.07, 6.45) is 2.63. The molecule has 1 heterocycles. The first kappa shape index (κ1) is 17.1. The van der Waals surface area contributed by atoms with Crippen LogP contribution in [0.2, 0.25) is 0 Å². The van der Waals surface area contributed by atoms with E-state index in [2.05, 4.69) is 10.3 Å². The van der Waals surface area contributed by atoms with Gasteiger partial charge in [0.2, 0.25) is 0 Å². The third-order valence-electron chi connectivity index (χ3n) is 3.53. The maximum absolute atomic E-state index is 12.0. The Kier molecular flexibility index (Phi) is 5.19. The van der Waals surface area contributed by atoms with Crippen molar-refractivity contribution in [1.82, 2.24) is 9.78 Å². The van der Waals surface area contributed by atoms with Crippen LogP contribution in [0, 0.1) is 0 Å². The number of aromatic nitrogens is 2. The van der Waals surface area contributed by atoms with Crippen LogP contribution < -0.4 is 0 Å². The fourth-order valence-electron chi connectivity index (χ4n) is 2.28. The molecule has 0 saturated carbocycles. The van der Waals surface area contributed by atoms with Gasteiger partial charge in [-0.25, -0.2) is 14.3 Å². The zero-order chi connectivity index (χ0) is 18.4. The van der Waals surface area contributed by atoms with Gasteiger partial charge < -0.3 is 9.57 Å². The predicted molar refractivity (Wildman–Crippen MR) is 94.4 cm³/mol. The minimum Gasteiger partial charge on any atom is -0.465 e. The molecule has 0 aliphatic carbocycles. The zero-order valence-electron chi connectivity index (χ0n) is 13.9. The van der Waals surface area contributed by atoms with E-state index in [-0.39, 0.29) is 5.56 Å². The van der Waals surface area contributed by atoms with E-state index in [9.17, 15) is 9.59 Å². The summed E-state index contributed by atoms with van der Waals surface area (Å²) in [4.78, 5) is 28.8. The molecule has 0 fully saturated rings. The van der Waals surface area contributed by atoms with E-state index in [4.69, 9.17) is 9.57 Å². The lowest BCUT2D eigenvalue weighted by Gasteiger charge is -2.05. The van der Waals surface area contributed by atoms with Crippen LogP contribution in [0.5, 0.6) is 0 Å². The molecule has 130 valence electrons. The number of rotatable bonds is 5. The van der Waals surface area contributed by atoms with Crippen LogP contribution in [0.25, 0.3) is 5.69 Å². The van der Waals surface area contributed by atoms with Gasteiger partial charge in [-0.15, -0.1) is 0 Å². The topological polar surface area (TPSA) is 82.8 Å². The van der Waals surface area contributed by atoms with E-state index in [0.29, 0.717) is 11.3 Å². The number of carbonyl (C=O) groups excluding carboxylic acids is 2. The van der Waals surface area contributed by atoms with Gasteiger partial charge in [-0.2, -0.15) is 5.10 Å². The van der Waals surface area contributed by atoms with Crippen LogP contribution in [-0.2, 0) is 9.57 Å². The fraction of sp³-hybridized carbons (Fsp3) is 0.0526. The molecule has 0 atom stereocenters. The lowest BCUT2D eigenvalue weighted by Crippen LogP contribution is -2.08. The van der Waals surface area contributed by atoms with Gasteiger partial charge in [0.1, 0.15) is 11.3 Å². The van der Waals surface area contributed by atoms with Crippen molar-refractivity contribution in [3.8, 4) is 5.69 Å². The molecular formula is C19H15N3O4. The molecule has 26 heavy (non-hydrogen) atoms. The number of methoxy groups -OCH3 is 1. The van der Waals surface area contributed by atoms with E-state index in [1.54, 1.807) is 30.3 Å². The quantitative estimate of drug-likeness (QED) is 0.306. The molecule has 0 saturated heterocycles. The molecule has 0 bridgehead atoms. The molecule has 0 N–H and O–H groups in total. The number of ether oxygens (including phenoxy) is 1. The maximum Gasteiger partial charge on any atom is 0.365 e. The highest BCUT2D eigenvalue weighted by molar-refractivity contribution is 5.98. The number of oxime groups is 1. The Morgan fingerprint density at radius 3 is 2.31 bits per heavy atom. The highest BCUT2D eigenvalue weighted by Gasteiger charge is 2.18. The molecule has 0 spiro atoms. The van der Waals surface area contributed by atoms with Crippen LogP contribution in [0.3, 0.4) is 0 Å². The van der Waals surface area contributed by atoms with Crippen molar-refractivity contribution in [2.45, 2.75) is 0 Å². The fourth-order valence-corrected chi connectivity index (χ4v) is 2.28. The van der Waals surface area contributed by atoms with Gasteiger partial charge in [-0.1, -0.05) is 41.6 Å². The highest BCUT2D eigenvalue weighted by atomic mass is 16.7. The highest BCUT2D eigenvalue weighted by Crippen LogP contribution is 2.14. The number of nitrogens with zero attached hydrogens (tertiary/aromatic N) is 3. The van der Waals surface area contributed by atoms with Crippen LogP contribution in [0.15, 0.2) is 72.0 Å². The van der Waals surface area contributed by atoms with Gasteiger partial charge in [0, 0.05) is 0 Å². The molecule has 0 amide bonds. The summed E-state index contributed by atoms with van der Waals surface area (Å²) in [5.74, 6) is -1.17. The van der Waals surface area contributed by atoms with E-state index in [0.717, 1.165) is 5.69 Å². The SMILES string of the molecule is COC(=O)c1cnn(-c2ccccc2)c1C=NOC(=O)c1ccccc1. The summed E-state index contributed by atoms with van der Waals surface area (Å²) < 4.78 is 6.27. The monoisotopic (exact) mass is 349 g/mol. The summed E-state index contributed by atoms with van der Waals surface area (Å²) in [6, 6.07) is 17.7. The van der Waals surface area contributed by atoms with Gasteiger partial charge in [0.15, 0.2) is 0 Å². The van der Waals surface area contributed by atoms with Gasteiger partial charge >= 0.3 is 11.9 Å². The van der Waals surface area contributed by atoms with E-state index in [1.165, 1.54) is 24.2 Å². The van der Waals surface area contributed by atoms with Gasteiger partial charge in [0.05, 0.1) is 30.8 Å². The second kappa shape index (κ2) is 7.89. The molecule has 1 aromatic heterocycles. The minimum absolute atomic E-state index is 0.205. The third-order valence-corrected chi connectivity index (χ3v) is 3.53. The van der Waals surface area contributed by atoms with Crippen molar-refractivity contribution in [2.24, 2.45) is 5.16 Å². The number of hydrogen-bond acceptors (Lipinski definition) is 6. The number of esters is 1. The minimum atomic E-state index is -0.604. The van der Waals surface area contributed by atoms with Crippen molar-refractivity contribution in [1.29, 1.82) is 0 Å². The summed E-state index contributed by atoms with van der Waals surface area (Å²) in [5.41, 5.74) is 1.63. The van der Waals surface area contributed by atoms with Crippen LogP contribution >= 0.6 is 0 Å². The average molecular weight is 349 g/mol. The summed E-state index contributed by atoms with van der Waals surface area (Å²) >= 11 is 0. The van der Waals surface area contributed by atoms with Gasteiger partial charge in [-0.05, 0) is 24.3 Å². The van der Waals surface area contributed by atoms with Crippen LogP contribution in [-0.4, -0.2) is 35.0 Å². The molecule has 3 aromatic rings. The molecule has 3 rings (SSSR count). The summed E-state index contributed by atoms with van der Waals surface area (Å²) in [6.45, 7) is 0. The maximum atomic E-state index is 12.0. The largest absolute Gasteiger partial charge is 0.465 e. The van der Waals surface area contributed by atoms with Gasteiger partial charge in [-0.3, -0.25) is 0 Å². The van der Waals surface area contributed by atoms with Crippen LogP contribution in [0.4, 0.5) is 0 Å².